The molecule has 0 unspecified atom stereocenters. The molecule has 0 spiro atoms. The van der Waals surface area contributed by atoms with Gasteiger partial charge >= 0.3 is 12.1 Å². The van der Waals surface area contributed by atoms with Crippen molar-refractivity contribution in [2.75, 3.05) is 6.61 Å². The lowest BCUT2D eigenvalue weighted by atomic mass is 10.1. The van der Waals surface area contributed by atoms with Crippen molar-refractivity contribution in [3.8, 4) is 5.69 Å². The number of aromatic nitrogens is 2. The van der Waals surface area contributed by atoms with Gasteiger partial charge in [0.1, 0.15) is 5.56 Å². The first kappa shape index (κ1) is 21.7. The molecule has 0 aliphatic heterocycles. The zero-order valence-electron chi connectivity index (χ0n) is 17.9. The van der Waals surface area contributed by atoms with Crippen LogP contribution >= 0.6 is 11.3 Å². The Hall–Kier alpha value is -3.13. The van der Waals surface area contributed by atoms with Gasteiger partial charge in [-0.05, 0) is 48.9 Å². The van der Waals surface area contributed by atoms with Crippen molar-refractivity contribution in [1.29, 1.82) is 0 Å². The summed E-state index contributed by atoms with van der Waals surface area (Å²) >= 11 is 1.54. The number of ether oxygens (including phenoxy) is 1. The van der Waals surface area contributed by atoms with Gasteiger partial charge in [-0.1, -0.05) is 30.3 Å². The van der Waals surface area contributed by atoms with Crippen LogP contribution in [-0.2, 0) is 17.3 Å². The Morgan fingerprint density at radius 2 is 1.97 bits per heavy atom. The average molecular weight is 471 g/mol. The molecular weight excluding hydrogens is 449 g/mol. The van der Waals surface area contributed by atoms with Crippen LogP contribution in [0.1, 0.15) is 57.7 Å². The van der Waals surface area contributed by atoms with E-state index in [1.165, 1.54) is 23.5 Å². The molecule has 0 radical (unpaired) electrons. The van der Waals surface area contributed by atoms with Crippen LogP contribution in [0.3, 0.4) is 0 Å². The van der Waals surface area contributed by atoms with E-state index >= 15 is 0 Å². The number of hydrogen-bond donors (Lipinski definition) is 0. The highest BCUT2D eigenvalue weighted by atomic mass is 32.1. The lowest BCUT2D eigenvalue weighted by Crippen LogP contribution is -2.09. The maximum atomic E-state index is 13.1. The predicted octanol–water partition coefficient (Wildman–Crippen LogP) is 6.75. The molecule has 33 heavy (non-hydrogen) atoms. The largest absolute Gasteiger partial charge is 0.462 e. The molecule has 4 nitrogen and oxygen atoms in total. The second-order valence-electron chi connectivity index (χ2n) is 8.13. The molecule has 1 aliphatic carbocycles. The highest BCUT2D eigenvalue weighted by Crippen LogP contribution is 2.44. The summed E-state index contributed by atoms with van der Waals surface area (Å²) in [5.74, 6) is -0.0963. The Balaban J connectivity index is 1.53. The van der Waals surface area contributed by atoms with Crippen molar-refractivity contribution in [2.24, 2.45) is 0 Å². The van der Waals surface area contributed by atoms with Crippen LogP contribution in [-0.4, -0.2) is 22.4 Å². The molecule has 8 heteroatoms. The summed E-state index contributed by atoms with van der Waals surface area (Å²) in [6.45, 7) is 2.07. The molecular formula is C25H21F3N2O2S. The molecule has 2 heterocycles. The van der Waals surface area contributed by atoms with Gasteiger partial charge in [-0.25, -0.2) is 9.48 Å². The number of rotatable bonds is 6. The summed E-state index contributed by atoms with van der Waals surface area (Å²) < 4.78 is 47.3. The normalized spacial score (nSPS) is 14.1. The van der Waals surface area contributed by atoms with Crippen molar-refractivity contribution >= 4 is 27.4 Å². The molecule has 4 aromatic rings. The van der Waals surface area contributed by atoms with Crippen LogP contribution in [0.25, 0.3) is 15.8 Å². The van der Waals surface area contributed by atoms with Crippen LogP contribution in [0, 0.1) is 0 Å². The first-order valence-electron chi connectivity index (χ1n) is 10.8. The van der Waals surface area contributed by atoms with E-state index in [9.17, 15) is 18.0 Å². The average Bonchev–Trinajstić information content (AvgIpc) is 3.38. The first-order chi connectivity index (χ1) is 15.8. The van der Waals surface area contributed by atoms with Gasteiger partial charge in [0.25, 0.3) is 0 Å². The van der Waals surface area contributed by atoms with Gasteiger partial charge < -0.3 is 4.74 Å². The number of fused-ring (bicyclic) bond motifs is 1. The van der Waals surface area contributed by atoms with Gasteiger partial charge in [0.2, 0.25) is 0 Å². The molecule has 2 aromatic heterocycles. The highest BCUT2D eigenvalue weighted by molar-refractivity contribution is 7.19. The molecule has 1 aliphatic rings. The van der Waals surface area contributed by atoms with E-state index in [0.717, 1.165) is 45.3 Å². The third kappa shape index (κ3) is 4.27. The highest BCUT2D eigenvalue weighted by Gasteiger charge is 2.34. The maximum absolute atomic E-state index is 13.1. The molecule has 0 saturated heterocycles. The van der Waals surface area contributed by atoms with Crippen LogP contribution in [0.2, 0.25) is 0 Å². The van der Waals surface area contributed by atoms with E-state index in [1.54, 1.807) is 19.2 Å². The number of halogens is 3. The van der Waals surface area contributed by atoms with Crippen molar-refractivity contribution in [3.05, 3.63) is 82.0 Å². The molecule has 5 rings (SSSR count). The van der Waals surface area contributed by atoms with Crippen molar-refractivity contribution in [2.45, 2.75) is 38.3 Å². The van der Waals surface area contributed by atoms with Gasteiger partial charge in [-0.15, -0.1) is 11.3 Å². The Morgan fingerprint density at radius 3 is 2.70 bits per heavy atom. The van der Waals surface area contributed by atoms with Crippen LogP contribution in [0.5, 0.6) is 0 Å². The summed E-state index contributed by atoms with van der Waals surface area (Å²) in [5.41, 5.74) is 2.20. The number of hydrogen-bond acceptors (Lipinski definition) is 4. The first-order valence-corrected chi connectivity index (χ1v) is 11.6. The standard InChI is InChI=1S/C25H21F3N2O2S/c1-2-32-24(31)20-14-29-30(22(20)16-9-10-16)21-8-4-6-17-13-19(33-23(17)21)12-15-5-3-7-18(11-15)25(26,27)28/h3-8,11,13-14,16H,2,9-10,12H2,1H3. The number of alkyl halides is 3. The van der Waals surface area contributed by atoms with Crippen LogP contribution in [0.15, 0.2) is 54.7 Å². The fraction of sp³-hybridized carbons (Fsp3) is 0.280. The topological polar surface area (TPSA) is 44.1 Å². The summed E-state index contributed by atoms with van der Waals surface area (Å²) in [6.07, 6.45) is -0.384. The molecule has 0 amide bonds. The van der Waals surface area contributed by atoms with E-state index in [0.29, 0.717) is 24.2 Å². The van der Waals surface area contributed by atoms with E-state index < -0.39 is 11.7 Å². The van der Waals surface area contributed by atoms with E-state index in [-0.39, 0.29) is 11.9 Å². The third-order valence-corrected chi connectivity index (χ3v) is 6.87. The molecule has 170 valence electrons. The number of thiophene rings is 1. The molecule has 2 aromatic carbocycles. The number of nitrogens with zero attached hydrogens (tertiary/aromatic N) is 2. The van der Waals surface area contributed by atoms with Crippen LogP contribution in [0.4, 0.5) is 13.2 Å². The molecule has 0 N–H and O–H groups in total. The molecule has 0 atom stereocenters. The van der Waals surface area contributed by atoms with Gasteiger partial charge in [0.05, 0.1) is 34.4 Å². The summed E-state index contributed by atoms with van der Waals surface area (Å²) in [5, 5.41) is 5.53. The number of carbonyl (C=O) groups excluding carboxylic acids is 1. The van der Waals surface area contributed by atoms with Crippen molar-refractivity contribution in [3.63, 3.8) is 0 Å². The predicted molar refractivity (Wildman–Crippen MR) is 121 cm³/mol. The Bertz CT molecular complexity index is 1340. The quantitative estimate of drug-likeness (QED) is 0.293. The second kappa shape index (κ2) is 8.33. The van der Waals surface area contributed by atoms with Gasteiger partial charge in [0.15, 0.2) is 0 Å². The fourth-order valence-electron chi connectivity index (χ4n) is 4.08. The van der Waals surface area contributed by atoms with E-state index in [4.69, 9.17) is 4.74 Å². The fourth-order valence-corrected chi connectivity index (χ4v) is 5.27. The minimum Gasteiger partial charge on any atom is -0.462 e. The zero-order chi connectivity index (χ0) is 23.2. The van der Waals surface area contributed by atoms with Gasteiger partial charge in [0, 0.05) is 17.2 Å². The Morgan fingerprint density at radius 1 is 1.18 bits per heavy atom. The summed E-state index contributed by atoms with van der Waals surface area (Å²) in [7, 11) is 0. The molecule has 1 saturated carbocycles. The Labute approximate surface area is 192 Å². The molecule has 1 fully saturated rings. The molecule has 0 bridgehead atoms. The monoisotopic (exact) mass is 470 g/mol. The van der Waals surface area contributed by atoms with Gasteiger partial charge in [-0.3, -0.25) is 0 Å². The van der Waals surface area contributed by atoms with Crippen LogP contribution < -0.4 is 0 Å². The second-order valence-corrected chi connectivity index (χ2v) is 9.27. The lowest BCUT2D eigenvalue weighted by molar-refractivity contribution is -0.137. The van der Waals surface area contributed by atoms with Crippen molar-refractivity contribution < 1.29 is 22.7 Å². The SMILES string of the molecule is CCOC(=O)c1cnn(-c2cccc3cc(Cc4cccc(C(F)(F)F)c4)sc23)c1C1CC1. The van der Waals surface area contributed by atoms with Gasteiger partial charge in [-0.2, -0.15) is 18.3 Å². The number of esters is 1. The van der Waals surface area contributed by atoms with E-state index in [1.807, 2.05) is 28.9 Å². The number of carbonyl (C=O) groups is 1. The van der Waals surface area contributed by atoms with E-state index in [2.05, 4.69) is 5.10 Å². The maximum Gasteiger partial charge on any atom is 0.416 e. The Kier molecular flexibility index (Phi) is 5.48. The zero-order valence-corrected chi connectivity index (χ0v) is 18.7. The summed E-state index contributed by atoms with van der Waals surface area (Å²) in [6, 6.07) is 13.3. The van der Waals surface area contributed by atoms with Crippen molar-refractivity contribution in [1.82, 2.24) is 9.78 Å². The number of benzene rings is 2. The third-order valence-electron chi connectivity index (χ3n) is 5.70. The minimum absolute atomic E-state index is 0.270. The smallest absolute Gasteiger partial charge is 0.416 e. The minimum atomic E-state index is -4.36. The lowest BCUT2D eigenvalue weighted by Gasteiger charge is -2.10. The summed E-state index contributed by atoms with van der Waals surface area (Å²) in [4.78, 5) is 13.4.